The molecular formula is C35H30N2O. The van der Waals surface area contributed by atoms with Gasteiger partial charge in [-0.05, 0) is 97.3 Å². The van der Waals surface area contributed by atoms with Gasteiger partial charge in [-0.1, -0.05) is 72.7 Å². The number of fused-ring (bicyclic) bond motifs is 4. The fourth-order valence-corrected chi connectivity index (χ4v) is 6.10. The van der Waals surface area contributed by atoms with Crippen LogP contribution in [0.3, 0.4) is 0 Å². The van der Waals surface area contributed by atoms with E-state index in [0.29, 0.717) is 11.9 Å². The second-order valence-electron chi connectivity index (χ2n) is 10.9. The number of oxazole rings is 1. The van der Waals surface area contributed by atoms with Gasteiger partial charge in [-0.3, -0.25) is 4.57 Å². The van der Waals surface area contributed by atoms with Crippen molar-refractivity contribution < 1.29 is 4.42 Å². The highest BCUT2D eigenvalue weighted by Gasteiger charge is 2.19. The second-order valence-corrected chi connectivity index (χ2v) is 10.9. The molecule has 0 bridgehead atoms. The van der Waals surface area contributed by atoms with Crippen LogP contribution in [-0.2, 0) is 0 Å². The highest BCUT2D eigenvalue weighted by atomic mass is 16.4. The molecule has 2 aromatic heterocycles. The maximum Gasteiger partial charge on any atom is 0.307 e. The molecule has 0 radical (unpaired) electrons. The summed E-state index contributed by atoms with van der Waals surface area (Å²) in [6, 6.07) is 28.8. The van der Waals surface area contributed by atoms with E-state index >= 15 is 0 Å². The Bertz CT molecular complexity index is 1910. The van der Waals surface area contributed by atoms with Gasteiger partial charge >= 0.3 is 6.01 Å². The molecule has 1 aliphatic carbocycles. The molecular weight excluding hydrogens is 464 g/mol. The SMILES string of the molecule is CC1=CC(c2ccc3c(c2)c2cc(-c4ccc(C)cc4C)ccc2n3-c2nc3ccccc3o2)=CC(C)C1. The van der Waals surface area contributed by atoms with Crippen LogP contribution < -0.4 is 0 Å². The molecule has 0 aliphatic heterocycles. The lowest BCUT2D eigenvalue weighted by Crippen LogP contribution is -1.99. The topological polar surface area (TPSA) is 31.0 Å². The standard InChI is InChI=1S/C35H30N2O/c1-21-9-12-28(24(4)16-21)26-11-14-33-30(20-26)29-19-25(27-17-22(2)15-23(3)18-27)10-13-32(29)37(33)35-36-31-7-5-6-8-34(31)38-35/h5-14,16-20,22H,15H2,1-4H3. The quantitative estimate of drug-likeness (QED) is 0.245. The second kappa shape index (κ2) is 8.59. The summed E-state index contributed by atoms with van der Waals surface area (Å²) >= 11 is 0. The van der Waals surface area contributed by atoms with E-state index in [9.17, 15) is 0 Å². The van der Waals surface area contributed by atoms with E-state index in [1.165, 1.54) is 49.7 Å². The molecule has 1 aliphatic rings. The Hall–Kier alpha value is -4.37. The molecule has 0 saturated carbocycles. The third-order valence-electron chi connectivity index (χ3n) is 7.78. The summed E-state index contributed by atoms with van der Waals surface area (Å²) in [5.74, 6) is 0.544. The molecule has 2 heterocycles. The van der Waals surface area contributed by atoms with E-state index in [0.717, 1.165) is 28.6 Å². The van der Waals surface area contributed by atoms with Crippen LogP contribution >= 0.6 is 0 Å². The van der Waals surface area contributed by atoms with Crippen LogP contribution in [0.4, 0.5) is 0 Å². The third-order valence-corrected chi connectivity index (χ3v) is 7.78. The van der Waals surface area contributed by atoms with Crippen molar-refractivity contribution in [3.8, 4) is 17.1 Å². The number of aromatic nitrogens is 2. The lowest BCUT2D eigenvalue weighted by molar-refractivity contribution is 0.574. The largest absolute Gasteiger partial charge is 0.423 e. The Morgan fingerprint density at radius 3 is 2.29 bits per heavy atom. The average molecular weight is 495 g/mol. The molecule has 3 nitrogen and oxygen atoms in total. The van der Waals surface area contributed by atoms with E-state index in [2.05, 4.69) is 99.0 Å². The first-order valence-electron chi connectivity index (χ1n) is 13.4. The van der Waals surface area contributed by atoms with Crippen LogP contribution in [0.15, 0.2) is 101 Å². The van der Waals surface area contributed by atoms with Crippen molar-refractivity contribution in [2.75, 3.05) is 0 Å². The lowest BCUT2D eigenvalue weighted by atomic mass is 9.89. The molecule has 3 heteroatoms. The summed E-state index contributed by atoms with van der Waals surface area (Å²) in [6.07, 6.45) is 5.86. The van der Waals surface area contributed by atoms with E-state index in [4.69, 9.17) is 9.40 Å². The van der Waals surface area contributed by atoms with Crippen LogP contribution in [0.5, 0.6) is 0 Å². The van der Waals surface area contributed by atoms with E-state index in [-0.39, 0.29) is 0 Å². The summed E-state index contributed by atoms with van der Waals surface area (Å²) in [6.45, 7) is 8.87. The predicted molar refractivity (Wildman–Crippen MR) is 159 cm³/mol. The van der Waals surface area contributed by atoms with Gasteiger partial charge in [-0.15, -0.1) is 0 Å². The fraction of sp³-hybridized carbons (Fsp3) is 0.171. The normalized spacial score (nSPS) is 15.8. The molecule has 0 saturated heterocycles. The van der Waals surface area contributed by atoms with Crippen LogP contribution in [-0.4, -0.2) is 9.55 Å². The average Bonchev–Trinajstić information content (AvgIpc) is 3.46. The van der Waals surface area contributed by atoms with Gasteiger partial charge in [0.15, 0.2) is 5.58 Å². The highest BCUT2D eigenvalue weighted by Crippen LogP contribution is 2.38. The number of allylic oxidation sites excluding steroid dienone is 4. The van der Waals surface area contributed by atoms with Gasteiger partial charge in [0.1, 0.15) is 5.52 Å². The molecule has 1 unspecified atom stereocenters. The van der Waals surface area contributed by atoms with Gasteiger partial charge in [0.05, 0.1) is 11.0 Å². The van der Waals surface area contributed by atoms with Gasteiger partial charge in [0.25, 0.3) is 0 Å². The van der Waals surface area contributed by atoms with Gasteiger partial charge in [0.2, 0.25) is 0 Å². The number of hydrogen-bond acceptors (Lipinski definition) is 2. The minimum Gasteiger partial charge on any atom is -0.423 e. The van der Waals surface area contributed by atoms with Crippen LogP contribution in [0.2, 0.25) is 0 Å². The summed E-state index contributed by atoms with van der Waals surface area (Å²) in [5.41, 5.74) is 12.9. The smallest absolute Gasteiger partial charge is 0.307 e. The van der Waals surface area contributed by atoms with E-state index in [1.807, 2.05) is 24.3 Å². The van der Waals surface area contributed by atoms with Gasteiger partial charge < -0.3 is 4.42 Å². The van der Waals surface area contributed by atoms with Gasteiger partial charge in [0, 0.05) is 10.8 Å². The predicted octanol–water partition coefficient (Wildman–Crippen LogP) is 9.58. The van der Waals surface area contributed by atoms with Crippen LogP contribution in [0.25, 0.3) is 55.6 Å². The minimum absolute atomic E-state index is 0.544. The number of para-hydroxylation sites is 2. The Kier molecular flexibility index (Phi) is 5.16. The number of benzene rings is 4. The molecule has 7 rings (SSSR count). The summed E-state index contributed by atoms with van der Waals surface area (Å²) in [7, 11) is 0. The molecule has 0 fully saturated rings. The molecule has 6 aromatic rings. The van der Waals surface area contributed by atoms with Crippen molar-refractivity contribution in [3.05, 3.63) is 113 Å². The first-order chi connectivity index (χ1) is 18.4. The van der Waals surface area contributed by atoms with Gasteiger partial charge in [-0.25, -0.2) is 0 Å². The van der Waals surface area contributed by atoms with Crippen LogP contribution in [0.1, 0.15) is 37.0 Å². The summed E-state index contributed by atoms with van der Waals surface area (Å²) < 4.78 is 8.45. The number of nitrogens with zero attached hydrogens (tertiary/aromatic N) is 2. The number of aryl methyl sites for hydroxylation is 2. The Morgan fingerprint density at radius 1 is 0.816 bits per heavy atom. The molecule has 0 amide bonds. The lowest BCUT2D eigenvalue weighted by Gasteiger charge is -2.16. The Morgan fingerprint density at radius 2 is 1.55 bits per heavy atom. The Labute approximate surface area is 222 Å². The first kappa shape index (κ1) is 22.8. The zero-order valence-corrected chi connectivity index (χ0v) is 22.2. The van der Waals surface area contributed by atoms with Gasteiger partial charge in [-0.2, -0.15) is 4.98 Å². The van der Waals surface area contributed by atoms with Crippen molar-refractivity contribution in [2.24, 2.45) is 5.92 Å². The first-order valence-corrected chi connectivity index (χ1v) is 13.4. The summed E-state index contributed by atoms with van der Waals surface area (Å²) in [5, 5.41) is 2.41. The third kappa shape index (κ3) is 3.69. The fourth-order valence-electron chi connectivity index (χ4n) is 6.10. The zero-order chi connectivity index (χ0) is 26.0. The maximum atomic E-state index is 6.28. The molecule has 1 atom stereocenters. The number of rotatable bonds is 3. The molecule has 0 spiro atoms. The molecule has 4 aromatic carbocycles. The maximum absolute atomic E-state index is 6.28. The molecule has 0 N–H and O–H groups in total. The van der Waals surface area contributed by atoms with Crippen molar-refractivity contribution in [1.82, 2.24) is 9.55 Å². The highest BCUT2D eigenvalue weighted by molar-refractivity contribution is 6.11. The van der Waals surface area contributed by atoms with Crippen molar-refractivity contribution in [1.29, 1.82) is 0 Å². The van der Waals surface area contributed by atoms with Crippen LogP contribution in [0, 0.1) is 19.8 Å². The summed E-state index contributed by atoms with van der Waals surface area (Å²) in [4.78, 5) is 4.87. The van der Waals surface area contributed by atoms with Crippen molar-refractivity contribution in [3.63, 3.8) is 0 Å². The van der Waals surface area contributed by atoms with Crippen molar-refractivity contribution >= 4 is 38.5 Å². The van der Waals surface area contributed by atoms with Crippen molar-refractivity contribution in [2.45, 2.75) is 34.1 Å². The molecule has 186 valence electrons. The Balaban J connectivity index is 1.51. The van der Waals surface area contributed by atoms with E-state index < -0.39 is 0 Å². The number of hydrogen-bond donors (Lipinski definition) is 0. The van der Waals surface area contributed by atoms with E-state index in [1.54, 1.807) is 0 Å². The minimum atomic E-state index is 0.544. The molecule has 38 heavy (non-hydrogen) atoms. The monoisotopic (exact) mass is 494 g/mol. The zero-order valence-electron chi connectivity index (χ0n) is 22.2.